The van der Waals surface area contributed by atoms with Gasteiger partial charge in [0.05, 0.1) is 35.0 Å². The molecular formula is C93H115F2N13O17S4. The molecule has 4 aliphatic heterocycles. The summed E-state index contributed by atoms with van der Waals surface area (Å²) >= 11 is 0. The number of likely N-dealkylation sites (N-methyl/N-ethyl adjacent to an activating group) is 2. The molecule has 0 spiro atoms. The fraction of sp³-hybridized carbons (Fsp3) is 0.419. The highest BCUT2D eigenvalue weighted by atomic mass is 32.2. The molecule has 0 unspecified atom stereocenters. The first kappa shape index (κ1) is 97.1. The molecule has 4 amide bonds. The number of aromatic nitrogens is 2. The Balaban J connectivity index is 0.000000215. The Morgan fingerprint density at radius 1 is 0.504 bits per heavy atom. The Bertz CT molecular complexity index is 6060. The molecule has 5 N–H and O–H groups in total. The maximum atomic E-state index is 17.0. The monoisotopic (exact) mass is 1850 g/mol. The normalized spacial score (nSPS) is 16.5. The first-order chi connectivity index (χ1) is 61.5. The molecule has 6 aliphatic rings. The Kier molecular flexibility index (Phi) is 32.2. The number of carbonyl (C=O) groups excluding carboxylic acids is 5. The number of carbonyl (C=O) groups is 6. The van der Waals surface area contributed by atoms with Gasteiger partial charge in [-0.05, 0) is 140 Å². The van der Waals surface area contributed by atoms with E-state index in [0.717, 1.165) is 141 Å². The third-order valence-corrected chi connectivity index (χ3v) is 29.8. The minimum Gasteiger partial charge on any atom is -0.489 e. The molecule has 0 bridgehead atoms. The third kappa shape index (κ3) is 23.6. The fourth-order valence-electron chi connectivity index (χ4n) is 17.9. The number of anilines is 4. The highest BCUT2D eigenvalue weighted by Gasteiger charge is 2.36. The number of halogens is 2. The number of ketones is 1. The second kappa shape index (κ2) is 42.7. The maximum absolute atomic E-state index is 17.0. The molecule has 8 aromatic rings. The number of nitrogens with one attached hydrogen (secondary N) is 2. The van der Waals surface area contributed by atoms with Crippen molar-refractivity contribution in [2.75, 3.05) is 144 Å². The molecule has 6 heterocycles. The number of Topliss-reactive ketones (excluding diaryl/α,β-unsaturated/α-hetero) is 1. The van der Waals surface area contributed by atoms with Gasteiger partial charge in [0.25, 0.3) is 10.2 Å². The number of rotatable bonds is 34. The van der Waals surface area contributed by atoms with Gasteiger partial charge in [0.2, 0.25) is 53.7 Å². The first-order valence-electron chi connectivity index (χ1n) is 43.4. The third-order valence-electron chi connectivity index (χ3n) is 24.5. The number of fused-ring (bicyclic) bond motifs is 2. The van der Waals surface area contributed by atoms with Gasteiger partial charge in [-0.3, -0.25) is 24.0 Å². The second-order valence-corrected chi connectivity index (χ2v) is 41.0. The molecule has 6 aromatic carbocycles. The zero-order valence-electron chi connectivity index (χ0n) is 73.4. The molecule has 2 aliphatic carbocycles. The van der Waals surface area contributed by atoms with Gasteiger partial charge in [0.1, 0.15) is 55.2 Å². The van der Waals surface area contributed by atoms with E-state index >= 15 is 8.78 Å². The average molecular weight is 1850 g/mol. The smallest absolute Gasteiger partial charge is 0.335 e. The van der Waals surface area contributed by atoms with Crippen molar-refractivity contribution >= 4 is 120 Å². The van der Waals surface area contributed by atoms with Crippen molar-refractivity contribution in [1.29, 1.82) is 0 Å². The summed E-state index contributed by atoms with van der Waals surface area (Å²) in [4.78, 5) is 85.5. The molecule has 129 heavy (non-hydrogen) atoms. The van der Waals surface area contributed by atoms with Crippen LogP contribution in [0.4, 0.5) is 31.5 Å². The highest BCUT2D eigenvalue weighted by Crippen LogP contribution is 2.48. The number of sulfonamides is 3. The van der Waals surface area contributed by atoms with Crippen molar-refractivity contribution < 1.29 is 85.8 Å². The summed E-state index contributed by atoms with van der Waals surface area (Å²) in [5.74, 6) is -3.56. The predicted octanol–water partition coefficient (Wildman–Crippen LogP) is 11.8. The van der Waals surface area contributed by atoms with Crippen LogP contribution in [0.15, 0.2) is 160 Å². The number of hydrogen-bond donors (Lipinski definition) is 4. The van der Waals surface area contributed by atoms with E-state index in [1.165, 1.54) is 59.5 Å². The Hall–Kier alpha value is -11.0. The van der Waals surface area contributed by atoms with Crippen LogP contribution in [0, 0.1) is 11.6 Å². The molecule has 2 saturated carbocycles. The summed E-state index contributed by atoms with van der Waals surface area (Å²) in [6.07, 6.45) is 20.5. The number of benzene rings is 6. The standard InChI is InChI=1S/C47H57FN6O8S2.C42H48FN5O7S.C4H10N2O2S/c1-5-20-49-44(56)30-54-42-28-34(43(55)32-64(60,61)50(3)21-6-2)14-17-39(42)46(33-11-8-7-9-12-33)47(54)38-18-16-37(29-40(38)48)62-31-35-27-36(53-22-10-13-45(53)57)15-19-41(35)51-23-25-52(26-24-51)63(4,58)59;1-3-17-44-38(49)26-48-37-24-29(42(51)52)11-14-34(37)40(28-8-5-4-6-9-28)41(48)33-15-13-32(25-35(33)43)55-27-30-23-31(47-18-7-10-39(47)50)12-16-36(30)45-19-21-46(22-20-45)56(2,53)54;1-3-4-6(2)9(5,7)8/h5-6,14-19,27-29,33H,1-2,7-13,20-26,30-32H2,3-4H3,(H,49,56);3,11-16,23-25,28H,1,4-10,17-22,26-27H2,2H3,(H,44,49)(H,51,52);3H,1,4H2,2H3,(H2,5,7,8). The van der Waals surface area contributed by atoms with Crippen LogP contribution in [0.2, 0.25) is 0 Å². The maximum Gasteiger partial charge on any atom is 0.335 e. The van der Waals surface area contributed by atoms with Crippen LogP contribution in [-0.2, 0) is 85.8 Å². The number of nitrogens with zero attached hydrogens (tertiary/aromatic N) is 10. The minimum atomic E-state index is -3.95. The lowest BCUT2D eigenvalue weighted by Gasteiger charge is -2.36. The van der Waals surface area contributed by atoms with Crippen molar-refractivity contribution in [1.82, 2.24) is 37.0 Å². The Morgan fingerprint density at radius 3 is 1.26 bits per heavy atom. The number of piperazine rings is 2. The number of carboxylic acids is 1. The number of aromatic carboxylic acids is 1. The van der Waals surface area contributed by atoms with Crippen molar-refractivity contribution in [2.45, 2.75) is 128 Å². The van der Waals surface area contributed by atoms with Crippen LogP contribution < -0.4 is 44.8 Å². The Labute approximate surface area is 753 Å². The molecule has 2 aromatic heterocycles. The lowest BCUT2D eigenvalue weighted by atomic mass is 9.81. The van der Waals surface area contributed by atoms with E-state index in [0.29, 0.717) is 101 Å². The van der Waals surface area contributed by atoms with Gasteiger partial charge in [-0.2, -0.15) is 21.3 Å². The van der Waals surface area contributed by atoms with Crippen molar-refractivity contribution in [3.8, 4) is 34.0 Å². The summed E-state index contributed by atoms with van der Waals surface area (Å²) < 4.78 is 150. The van der Waals surface area contributed by atoms with Crippen LogP contribution in [0.1, 0.15) is 145 Å². The lowest BCUT2D eigenvalue weighted by Crippen LogP contribution is -2.48. The van der Waals surface area contributed by atoms with E-state index in [4.69, 9.17) is 14.6 Å². The van der Waals surface area contributed by atoms with E-state index in [1.807, 2.05) is 36.4 Å². The van der Waals surface area contributed by atoms with Crippen LogP contribution in [-0.4, -0.2) is 225 Å². The number of amides is 4. The number of ether oxygens (including phenoxy) is 2. The summed E-state index contributed by atoms with van der Waals surface area (Å²) in [6, 6.07) is 30.7. The number of hydrogen-bond acceptors (Lipinski definition) is 18. The Morgan fingerprint density at radius 2 is 0.907 bits per heavy atom. The summed E-state index contributed by atoms with van der Waals surface area (Å²) in [5.41, 5.74) is 9.31. The summed E-state index contributed by atoms with van der Waals surface area (Å²) in [5, 5.41) is 21.8. The first-order valence-corrected chi connectivity index (χ1v) is 50.2. The van der Waals surface area contributed by atoms with E-state index in [1.54, 1.807) is 91.7 Å². The minimum absolute atomic E-state index is 0.0287. The van der Waals surface area contributed by atoms with E-state index in [2.05, 4.69) is 46.7 Å². The fourth-order valence-corrected chi connectivity index (χ4v) is 20.9. The molecule has 6 fully saturated rings. The zero-order chi connectivity index (χ0) is 92.8. The quantitative estimate of drug-likeness (QED) is 0.0215. The average Bonchev–Trinajstić information content (AvgIpc) is 1.59. The van der Waals surface area contributed by atoms with Gasteiger partial charge in [-0.1, -0.05) is 81.0 Å². The van der Waals surface area contributed by atoms with Crippen LogP contribution in [0.3, 0.4) is 0 Å². The van der Waals surface area contributed by atoms with Gasteiger partial charge >= 0.3 is 5.97 Å². The molecule has 4 saturated heterocycles. The highest BCUT2D eigenvalue weighted by molar-refractivity contribution is 7.90. The van der Waals surface area contributed by atoms with Crippen molar-refractivity contribution in [3.05, 3.63) is 205 Å². The SMILES string of the molecule is C=CCN(C)S(N)(=O)=O.C=CCNC(=O)Cn1c(-c2ccc(OCc3cc(N4CCCC4=O)ccc3N3CCN(S(C)(=O)=O)CC3)cc2F)c(C2CCCCC2)c2ccc(C(=O)CS(=O)(=O)N(C)CC=C)cc21.C=CCNC(=O)Cn1c(-c2ccc(OCc3cc(N4CCCC4=O)ccc3N3CCN(S(C)(=O)=O)CC3)cc2F)c(C2CCCCC2)c2ccc(C(=O)O)cc21. The van der Waals surface area contributed by atoms with Gasteiger partial charge in [-0.15, -0.1) is 26.3 Å². The topological polar surface area (TPSA) is 364 Å². The molecular weight excluding hydrogens is 1740 g/mol. The summed E-state index contributed by atoms with van der Waals surface area (Å²) in [7, 11) is -11.4. The van der Waals surface area contributed by atoms with E-state index in [9.17, 15) is 67.5 Å². The second-order valence-electron chi connectivity index (χ2n) is 33.3. The van der Waals surface area contributed by atoms with Gasteiger partial charge in [0.15, 0.2) is 5.78 Å². The van der Waals surface area contributed by atoms with Crippen LogP contribution in [0.5, 0.6) is 11.5 Å². The lowest BCUT2D eigenvalue weighted by molar-refractivity contribution is -0.122. The molecule has 30 nitrogen and oxygen atoms in total. The van der Waals surface area contributed by atoms with Gasteiger partial charge in [0, 0.05) is 198 Å². The number of nitrogens with two attached hydrogens (primary N) is 1. The van der Waals surface area contributed by atoms with Crippen molar-refractivity contribution in [2.24, 2.45) is 5.14 Å². The largest absolute Gasteiger partial charge is 0.489 e. The predicted molar refractivity (Wildman–Crippen MR) is 499 cm³/mol. The molecule has 0 radical (unpaired) electrons. The number of carboxylic acid groups (broad SMARTS) is 1. The van der Waals surface area contributed by atoms with E-state index in [-0.39, 0.29) is 122 Å². The molecule has 692 valence electrons. The molecule has 14 rings (SSSR count). The molecule has 36 heteroatoms. The van der Waals surface area contributed by atoms with E-state index < -0.39 is 69.4 Å². The summed E-state index contributed by atoms with van der Waals surface area (Å²) in [6.45, 7) is 19.2. The van der Waals surface area contributed by atoms with Crippen molar-refractivity contribution in [3.63, 3.8) is 0 Å². The van der Waals surface area contributed by atoms with Gasteiger partial charge in [-0.25, -0.2) is 48.3 Å². The molecule has 0 atom stereocenters. The van der Waals surface area contributed by atoms with Crippen LogP contribution in [0.25, 0.3) is 44.3 Å². The van der Waals surface area contributed by atoms with Crippen LogP contribution >= 0.6 is 0 Å². The zero-order valence-corrected chi connectivity index (χ0v) is 76.7. The van der Waals surface area contributed by atoms with Gasteiger partial charge < -0.3 is 53.9 Å².